The van der Waals surface area contributed by atoms with E-state index in [1.54, 1.807) is 0 Å². The number of benzene rings is 1. The molecule has 3 rings (SSSR count). The number of alkyl carbamates (subject to hydrolysis) is 1. The van der Waals surface area contributed by atoms with E-state index in [0.717, 1.165) is 56.8 Å². The van der Waals surface area contributed by atoms with Gasteiger partial charge in [-0.05, 0) is 56.0 Å². The molecule has 30 heavy (non-hydrogen) atoms. The van der Waals surface area contributed by atoms with Gasteiger partial charge < -0.3 is 15.4 Å². The lowest BCUT2D eigenvalue weighted by atomic mass is 9.91. The molecule has 0 aliphatic heterocycles. The van der Waals surface area contributed by atoms with Crippen LogP contribution in [0.2, 0.25) is 0 Å². The minimum atomic E-state index is -0.374. The molecule has 164 valence electrons. The number of carbonyl (C=O) groups excluding carboxylic acids is 2. The van der Waals surface area contributed by atoms with Crippen LogP contribution in [0.25, 0.3) is 0 Å². The van der Waals surface area contributed by atoms with Crippen molar-refractivity contribution in [2.45, 2.75) is 51.2 Å². The molecule has 1 aromatic carbocycles. The predicted octanol–water partition coefficient (Wildman–Crippen LogP) is 3.66. The Balaban J connectivity index is 1.54. The summed E-state index contributed by atoms with van der Waals surface area (Å²) in [5.74, 6) is 1.09. The zero-order valence-corrected chi connectivity index (χ0v) is 18.0. The lowest BCUT2D eigenvalue weighted by Gasteiger charge is -2.28. The third-order valence-electron chi connectivity index (χ3n) is 5.84. The first-order valence-electron chi connectivity index (χ1n) is 11.3. The highest BCUT2D eigenvalue weighted by atomic mass is 16.6. The summed E-state index contributed by atoms with van der Waals surface area (Å²) >= 11 is 0. The van der Waals surface area contributed by atoms with Crippen molar-refractivity contribution < 1.29 is 14.3 Å². The summed E-state index contributed by atoms with van der Waals surface area (Å²) in [6, 6.07) is 10.1. The minimum Gasteiger partial charge on any atom is -0.440 e. The number of hydrogen-bond acceptors (Lipinski definition) is 4. The first kappa shape index (κ1) is 22.3. The lowest BCUT2D eigenvalue weighted by molar-refractivity contribution is -0.110. The summed E-state index contributed by atoms with van der Waals surface area (Å²) in [6.07, 6.45) is 9.58. The van der Waals surface area contributed by atoms with Gasteiger partial charge in [0.1, 0.15) is 6.10 Å². The third-order valence-corrected chi connectivity index (χ3v) is 5.84. The molecule has 1 saturated carbocycles. The zero-order chi connectivity index (χ0) is 21.2. The van der Waals surface area contributed by atoms with Crippen molar-refractivity contribution in [3.8, 4) is 0 Å². The van der Waals surface area contributed by atoms with Gasteiger partial charge in [0.25, 0.3) is 0 Å². The number of carbonyl (C=O) groups is 2. The molecule has 1 fully saturated rings. The molecule has 2 aliphatic rings. The number of hydrogen-bond donors (Lipinski definition) is 2. The SMILES string of the molecule is CCCN(CC1CC1)CC(OC(=O)NCC1CC=CC(NC=O)C1)c1ccccc1. The molecule has 0 saturated heterocycles. The van der Waals surface area contributed by atoms with Gasteiger partial charge in [0.05, 0.1) is 0 Å². The van der Waals surface area contributed by atoms with Crippen molar-refractivity contribution in [1.29, 1.82) is 0 Å². The van der Waals surface area contributed by atoms with Crippen LogP contribution >= 0.6 is 0 Å². The molecule has 0 heterocycles. The second-order valence-corrected chi connectivity index (χ2v) is 8.55. The zero-order valence-electron chi connectivity index (χ0n) is 18.0. The van der Waals surface area contributed by atoms with Gasteiger partial charge in [0, 0.05) is 25.7 Å². The van der Waals surface area contributed by atoms with E-state index in [1.807, 2.05) is 36.4 Å². The van der Waals surface area contributed by atoms with Crippen molar-refractivity contribution in [2.24, 2.45) is 11.8 Å². The van der Waals surface area contributed by atoms with E-state index in [4.69, 9.17) is 4.74 Å². The Hall–Kier alpha value is -2.34. The van der Waals surface area contributed by atoms with Gasteiger partial charge in [-0.3, -0.25) is 9.69 Å². The fourth-order valence-electron chi connectivity index (χ4n) is 4.10. The highest BCUT2D eigenvalue weighted by Crippen LogP contribution is 2.31. The molecule has 0 aromatic heterocycles. The second kappa shape index (κ2) is 11.7. The molecule has 6 nitrogen and oxygen atoms in total. The Morgan fingerprint density at radius 1 is 1.27 bits per heavy atom. The maximum absolute atomic E-state index is 12.6. The molecule has 6 heteroatoms. The van der Waals surface area contributed by atoms with Gasteiger partial charge in [-0.25, -0.2) is 4.79 Å². The second-order valence-electron chi connectivity index (χ2n) is 8.55. The van der Waals surface area contributed by atoms with Gasteiger partial charge >= 0.3 is 6.09 Å². The summed E-state index contributed by atoms with van der Waals surface area (Å²) in [7, 11) is 0. The first-order chi connectivity index (χ1) is 14.7. The Kier molecular flexibility index (Phi) is 8.75. The smallest absolute Gasteiger partial charge is 0.407 e. The van der Waals surface area contributed by atoms with Crippen LogP contribution in [0.3, 0.4) is 0 Å². The van der Waals surface area contributed by atoms with Crippen molar-refractivity contribution in [3.63, 3.8) is 0 Å². The molecular weight excluding hydrogens is 378 g/mol. The van der Waals surface area contributed by atoms with Crippen molar-refractivity contribution in [1.82, 2.24) is 15.5 Å². The average molecular weight is 414 g/mol. The topological polar surface area (TPSA) is 70.7 Å². The van der Waals surface area contributed by atoms with Gasteiger partial charge in [-0.15, -0.1) is 0 Å². The molecule has 1 aromatic rings. The van der Waals surface area contributed by atoms with Gasteiger partial charge in [0.15, 0.2) is 0 Å². The quantitative estimate of drug-likeness (QED) is 0.405. The Morgan fingerprint density at radius 2 is 2.07 bits per heavy atom. The molecule has 0 radical (unpaired) electrons. The van der Waals surface area contributed by atoms with E-state index in [1.165, 1.54) is 12.8 Å². The summed E-state index contributed by atoms with van der Waals surface area (Å²) < 4.78 is 5.90. The highest BCUT2D eigenvalue weighted by molar-refractivity contribution is 5.67. The van der Waals surface area contributed by atoms with Crippen LogP contribution in [0, 0.1) is 11.8 Å². The van der Waals surface area contributed by atoms with E-state index < -0.39 is 0 Å². The molecule has 2 amide bonds. The minimum absolute atomic E-state index is 0.0427. The van der Waals surface area contributed by atoms with Crippen LogP contribution < -0.4 is 10.6 Å². The van der Waals surface area contributed by atoms with Gasteiger partial charge in [-0.1, -0.05) is 49.4 Å². The van der Waals surface area contributed by atoms with Crippen LogP contribution in [-0.2, 0) is 9.53 Å². The number of nitrogens with one attached hydrogen (secondary N) is 2. The van der Waals surface area contributed by atoms with E-state index in [9.17, 15) is 9.59 Å². The number of rotatable bonds is 12. The van der Waals surface area contributed by atoms with E-state index in [0.29, 0.717) is 12.5 Å². The Labute approximate surface area is 180 Å². The number of nitrogens with zero attached hydrogens (tertiary/aromatic N) is 1. The maximum atomic E-state index is 12.6. The van der Waals surface area contributed by atoms with E-state index >= 15 is 0 Å². The van der Waals surface area contributed by atoms with Crippen LogP contribution in [0.4, 0.5) is 4.79 Å². The monoisotopic (exact) mass is 413 g/mol. The summed E-state index contributed by atoms with van der Waals surface area (Å²) in [4.78, 5) is 25.7. The Morgan fingerprint density at radius 3 is 2.77 bits per heavy atom. The van der Waals surface area contributed by atoms with Crippen LogP contribution in [0.1, 0.15) is 50.7 Å². The molecule has 2 aliphatic carbocycles. The van der Waals surface area contributed by atoms with Gasteiger partial charge in [-0.2, -0.15) is 0 Å². The van der Waals surface area contributed by atoms with E-state index in [-0.39, 0.29) is 18.2 Å². The molecule has 3 atom stereocenters. The fraction of sp³-hybridized carbons (Fsp3) is 0.583. The largest absolute Gasteiger partial charge is 0.440 e. The van der Waals surface area contributed by atoms with Crippen molar-refractivity contribution in [2.75, 3.05) is 26.2 Å². The van der Waals surface area contributed by atoms with Crippen molar-refractivity contribution in [3.05, 3.63) is 48.0 Å². The normalized spacial score (nSPS) is 21.8. The first-order valence-corrected chi connectivity index (χ1v) is 11.3. The molecular formula is C24H35N3O3. The number of allylic oxidation sites excluding steroid dienone is 1. The molecule has 3 unspecified atom stereocenters. The van der Waals surface area contributed by atoms with Gasteiger partial charge in [0.2, 0.25) is 6.41 Å². The Bertz CT molecular complexity index is 690. The lowest BCUT2D eigenvalue weighted by Crippen LogP contribution is -2.38. The summed E-state index contributed by atoms with van der Waals surface area (Å²) in [5, 5.41) is 5.74. The average Bonchev–Trinajstić information content (AvgIpc) is 3.57. The summed E-state index contributed by atoms with van der Waals surface area (Å²) in [6.45, 7) is 5.56. The highest BCUT2D eigenvalue weighted by Gasteiger charge is 2.27. The maximum Gasteiger partial charge on any atom is 0.407 e. The number of ether oxygens (including phenoxy) is 1. The predicted molar refractivity (Wildman–Crippen MR) is 118 cm³/mol. The number of amides is 2. The molecule has 0 bridgehead atoms. The van der Waals surface area contributed by atoms with Crippen LogP contribution in [-0.4, -0.2) is 49.6 Å². The summed E-state index contributed by atoms with van der Waals surface area (Å²) in [5.41, 5.74) is 1.03. The van der Waals surface area contributed by atoms with Crippen LogP contribution in [0.15, 0.2) is 42.5 Å². The standard InChI is InChI=1S/C24H35N3O3/c1-2-13-27(16-19-11-12-19)17-23(21-8-4-3-5-9-21)30-24(29)25-15-20-7-6-10-22(14-20)26-18-28/h3-6,8-10,18-20,22-23H,2,7,11-17H2,1H3,(H,25,29)(H,26,28). The van der Waals surface area contributed by atoms with E-state index in [2.05, 4.69) is 28.5 Å². The third kappa shape index (κ3) is 7.48. The van der Waals surface area contributed by atoms with Crippen LogP contribution in [0.5, 0.6) is 0 Å². The molecule has 0 spiro atoms. The molecule has 2 N–H and O–H groups in total. The fourth-order valence-corrected chi connectivity index (χ4v) is 4.10. The van der Waals surface area contributed by atoms with Crippen molar-refractivity contribution >= 4 is 12.5 Å².